The summed E-state index contributed by atoms with van der Waals surface area (Å²) in [5, 5.41) is 7.07. The van der Waals surface area contributed by atoms with Gasteiger partial charge in [-0.05, 0) is 18.8 Å². The van der Waals surface area contributed by atoms with Gasteiger partial charge in [0.1, 0.15) is 11.9 Å². The summed E-state index contributed by atoms with van der Waals surface area (Å²) in [6.07, 6.45) is 2.22. The Morgan fingerprint density at radius 3 is 2.44 bits per heavy atom. The van der Waals surface area contributed by atoms with Crippen LogP contribution in [0.15, 0.2) is 0 Å². The molecule has 0 aromatic carbocycles. The van der Waals surface area contributed by atoms with Crippen molar-refractivity contribution in [3.05, 3.63) is 0 Å². The van der Waals surface area contributed by atoms with E-state index in [2.05, 4.69) is 0 Å². The Labute approximate surface area is 54.7 Å². The van der Waals surface area contributed by atoms with Crippen molar-refractivity contribution in [1.29, 1.82) is 5.41 Å². The quantitative estimate of drug-likeness (QED) is 0.425. The van der Waals surface area contributed by atoms with Crippen LogP contribution in [0.5, 0.6) is 0 Å². The lowest BCUT2D eigenvalue weighted by Gasteiger charge is -2.10. The van der Waals surface area contributed by atoms with E-state index in [0.717, 1.165) is 12.8 Å². The number of hydrogen-bond acceptors (Lipinski definition) is 2. The average Bonchev–Trinajstić information content (AvgIpc) is 2.50. The molecular formula is C6H12N2O. The summed E-state index contributed by atoms with van der Waals surface area (Å²) < 4.78 is 4.99. The Balaban J connectivity index is 2.37. The number of hydrogen-bond donors (Lipinski definition) is 2. The highest BCUT2D eigenvalue weighted by atomic mass is 16.5. The van der Waals surface area contributed by atoms with Crippen LogP contribution in [0, 0.1) is 11.3 Å². The first-order valence-corrected chi connectivity index (χ1v) is 3.12. The maximum Gasteiger partial charge on any atom is 0.121 e. The van der Waals surface area contributed by atoms with Crippen LogP contribution in [0.3, 0.4) is 0 Å². The third-order valence-corrected chi connectivity index (χ3v) is 1.61. The Hall–Kier alpha value is -0.570. The van der Waals surface area contributed by atoms with E-state index in [1.165, 1.54) is 0 Å². The molecule has 1 aliphatic rings. The summed E-state index contributed by atoms with van der Waals surface area (Å²) in [4.78, 5) is 0. The first kappa shape index (κ1) is 6.55. The zero-order valence-electron chi connectivity index (χ0n) is 5.55. The predicted octanol–water partition coefficient (Wildman–Crippen LogP) is 0.347. The summed E-state index contributed by atoms with van der Waals surface area (Å²) in [5.41, 5.74) is 5.25. The Morgan fingerprint density at radius 2 is 2.33 bits per heavy atom. The van der Waals surface area contributed by atoms with Crippen LogP contribution >= 0.6 is 0 Å². The highest BCUT2D eigenvalue weighted by Gasteiger charge is 2.32. The molecule has 0 aromatic rings. The molecule has 0 spiro atoms. The average molecular weight is 128 g/mol. The van der Waals surface area contributed by atoms with Gasteiger partial charge in [0.2, 0.25) is 0 Å². The normalized spacial score (nSPS) is 21.4. The van der Waals surface area contributed by atoms with Crippen molar-refractivity contribution in [2.24, 2.45) is 11.7 Å². The molecule has 1 aliphatic carbocycles. The standard InChI is InChI=1S/C6H12N2O/c1-9-5(6(7)8)4-2-3-4/h4-5H,2-3H2,1H3,(H3,7,8). The van der Waals surface area contributed by atoms with E-state index in [9.17, 15) is 0 Å². The molecule has 1 saturated carbocycles. The van der Waals surface area contributed by atoms with Crippen molar-refractivity contribution < 1.29 is 4.74 Å². The van der Waals surface area contributed by atoms with E-state index in [1.54, 1.807) is 7.11 Å². The monoisotopic (exact) mass is 128 g/mol. The second kappa shape index (κ2) is 2.35. The van der Waals surface area contributed by atoms with E-state index in [4.69, 9.17) is 15.9 Å². The van der Waals surface area contributed by atoms with Gasteiger partial charge in [0.25, 0.3) is 0 Å². The van der Waals surface area contributed by atoms with Gasteiger partial charge in [0, 0.05) is 7.11 Å². The molecule has 1 unspecified atom stereocenters. The zero-order chi connectivity index (χ0) is 6.85. The highest BCUT2D eigenvalue weighted by Crippen LogP contribution is 2.33. The van der Waals surface area contributed by atoms with E-state index >= 15 is 0 Å². The molecule has 0 saturated heterocycles. The molecule has 9 heavy (non-hydrogen) atoms. The number of methoxy groups -OCH3 is 1. The fourth-order valence-corrected chi connectivity index (χ4v) is 0.972. The molecule has 0 aliphatic heterocycles. The van der Waals surface area contributed by atoms with Gasteiger partial charge in [-0.15, -0.1) is 0 Å². The molecule has 0 heterocycles. The molecule has 0 aromatic heterocycles. The zero-order valence-corrected chi connectivity index (χ0v) is 5.55. The van der Waals surface area contributed by atoms with Crippen molar-refractivity contribution >= 4 is 5.84 Å². The molecule has 1 rings (SSSR count). The smallest absolute Gasteiger partial charge is 0.121 e. The summed E-state index contributed by atoms with van der Waals surface area (Å²) >= 11 is 0. The highest BCUT2D eigenvalue weighted by molar-refractivity contribution is 5.82. The largest absolute Gasteiger partial charge is 0.385 e. The van der Waals surface area contributed by atoms with Gasteiger partial charge >= 0.3 is 0 Å². The van der Waals surface area contributed by atoms with Crippen LogP contribution in [0.25, 0.3) is 0 Å². The first-order valence-electron chi connectivity index (χ1n) is 3.12. The SMILES string of the molecule is COC(C(=N)N)C1CC1. The summed E-state index contributed by atoms with van der Waals surface area (Å²) in [6, 6.07) is 0. The molecule has 3 nitrogen and oxygen atoms in total. The van der Waals surface area contributed by atoms with E-state index in [0.29, 0.717) is 5.92 Å². The van der Waals surface area contributed by atoms with Crippen molar-refractivity contribution in [3.8, 4) is 0 Å². The molecule has 1 atom stereocenters. The first-order chi connectivity index (χ1) is 4.25. The molecule has 52 valence electrons. The number of amidine groups is 1. The van der Waals surface area contributed by atoms with Gasteiger partial charge in [0.05, 0.1) is 0 Å². The number of nitrogens with two attached hydrogens (primary N) is 1. The maximum atomic E-state index is 7.07. The number of rotatable bonds is 3. The lowest BCUT2D eigenvalue weighted by molar-refractivity contribution is 0.136. The van der Waals surface area contributed by atoms with Gasteiger partial charge in [-0.2, -0.15) is 0 Å². The molecule has 0 radical (unpaired) electrons. The molecule has 3 N–H and O–H groups in total. The topological polar surface area (TPSA) is 59.1 Å². The van der Waals surface area contributed by atoms with Crippen molar-refractivity contribution in [2.75, 3.05) is 7.11 Å². The Morgan fingerprint density at radius 1 is 1.78 bits per heavy atom. The number of ether oxygens (including phenoxy) is 1. The lowest BCUT2D eigenvalue weighted by atomic mass is 10.2. The van der Waals surface area contributed by atoms with Crippen LogP contribution in [0.2, 0.25) is 0 Å². The molecule has 0 bridgehead atoms. The van der Waals surface area contributed by atoms with Gasteiger partial charge in [-0.25, -0.2) is 0 Å². The Bertz CT molecular complexity index is 120. The molecule has 1 fully saturated rings. The summed E-state index contributed by atoms with van der Waals surface area (Å²) in [5.74, 6) is 0.701. The van der Waals surface area contributed by atoms with Crippen molar-refractivity contribution in [3.63, 3.8) is 0 Å². The van der Waals surface area contributed by atoms with E-state index < -0.39 is 0 Å². The second-order valence-corrected chi connectivity index (χ2v) is 2.45. The molecule has 3 heteroatoms. The van der Waals surface area contributed by atoms with E-state index in [1.807, 2.05) is 0 Å². The van der Waals surface area contributed by atoms with Crippen LogP contribution < -0.4 is 5.73 Å². The Kier molecular flexibility index (Phi) is 1.71. The third kappa shape index (κ3) is 1.42. The fourth-order valence-electron chi connectivity index (χ4n) is 0.972. The van der Waals surface area contributed by atoms with Crippen LogP contribution in [-0.2, 0) is 4.74 Å². The van der Waals surface area contributed by atoms with Gasteiger partial charge in [-0.3, -0.25) is 5.41 Å². The lowest BCUT2D eigenvalue weighted by Crippen LogP contribution is -2.31. The van der Waals surface area contributed by atoms with E-state index in [-0.39, 0.29) is 11.9 Å². The van der Waals surface area contributed by atoms with Crippen LogP contribution in [0.4, 0.5) is 0 Å². The number of nitrogens with one attached hydrogen (secondary N) is 1. The maximum absolute atomic E-state index is 7.07. The third-order valence-electron chi connectivity index (χ3n) is 1.61. The van der Waals surface area contributed by atoms with Crippen molar-refractivity contribution in [2.45, 2.75) is 18.9 Å². The van der Waals surface area contributed by atoms with Crippen molar-refractivity contribution in [1.82, 2.24) is 0 Å². The predicted molar refractivity (Wildman–Crippen MR) is 35.4 cm³/mol. The second-order valence-electron chi connectivity index (χ2n) is 2.45. The summed E-state index contributed by atoms with van der Waals surface area (Å²) in [6.45, 7) is 0. The minimum absolute atomic E-state index is 0.106. The molecule has 0 amide bonds. The van der Waals surface area contributed by atoms with Gasteiger partial charge in [0.15, 0.2) is 0 Å². The van der Waals surface area contributed by atoms with Crippen LogP contribution in [-0.4, -0.2) is 19.0 Å². The minimum atomic E-state index is -0.106. The fraction of sp³-hybridized carbons (Fsp3) is 0.833. The molecular weight excluding hydrogens is 116 g/mol. The van der Waals surface area contributed by atoms with Gasteiger partial charge < -0.3 is 10.5 Å². The summed E-state index contributed by atoms with van der Waals surface area (Å²) in [7, 11) is 1.60. The minimum Gasteiger partial charge on any atom is -0.385 e. The van der Waals surface area contributed by atoms with Gasteiger partial charge in [-0.1, -0.05) is 0 Å². The van der Waals surface area contributed by atoms with Crippen LogP contribution in [0.1, 0.15) is 12.8 Å².